The van der Waals surface area contributed by atoms with Gasteiger partial charge in [0.1, 0.15) is 17.8 Å². The highest BCUT2D eigenvalue weighted by atomic mass is 16.3. The average Bonchev–Trinajstić information content (AvgIpc) is 3.95. The molecule has 1 saturated carbocycles. The summed E-state index contributed by atoms with van der Waals surface area (Å²) in [6.45, 7) is 9.60. The molecule has 17 heteroatoms. The molecule has 320 valence electrons. The van der Waals surface area contributed by atoms with Crippen molar-refractivity contribution in [1.29, 1.82) is 5.26 Å². The highest BCUT2D eigenvalue weighted by Gasteiger charge is 2.45. The highest BCUT2D eigenvalue weighted by Crippen LogP contribution is 2.37. The lowest BCUT2D eigenvalue weighted by Gasteiger charge is -2.38. The number of piperazine rings is 1. The number of hydrogen-bond donors (Lipinski definition) is 4. The number of carbonyl (C=O) groups excluding carboxylic acids is 5. The van der Waals surface area contributed by atoms with E-state index in [1.807, 2.05) is 18.3 Å². The molecule has 9 rings (SSSR count). The number of nitrogens with one attached hydrogen (secondary N) is 3. The topological polar surface area (TPSA) is 210 Å². The van der Waals surface area contributed by atoms with E-state index in [0.29, 0.717) is 46.2 Å². The fourth-order valence-electron chi connectivity index (χ4n) is 9.47. The van der Waals surface area contributed by atoms with Crippen molar-refractivity contribution in [3.8, 4) is 6.07 Å². The van der Waals surface area contributed by atoms with Crippen LogP contribution < -0.4 is 16.0 Å². The van der Waals surface area contributed by atoms with Crippen LogP contribution in [0.5, 0.6) is 0 Å². The quantitative estimate of drug-likeness (QED) is 0.140. The number of aliphatic hydroxyl groups is 1. The molecule has 3 aliphatic heterocycles. The molecule has 4 N–H and O–H groups in total. The van der Waals surface area contributed by atoms with Crippen LogP contribution in [-0.4, -0.2) is 121 Å². The predicted octanol–water partition coefficient (Wildman–Crippen LogP) is 3.90. The maximum Gasteiger partial charge on any atom is 0.274 e. The highest BCUT2D eigenvalue weighted by molar-refractivity contribution is 6.25. The van der Waals surface area contributed by atoms with E-state index in [2.05, 4.69) is 41.6 Å². The number of rotatable bonds is 11. The van der Waals surface area contributed by atoms with Crippen molar-refractivity contribution in [2.75, 3.05) is 56.4 Å². The molecule has 17 nitrogen and oxygen atoms in total. The summed E-state index contributed by atoms with van der Waals surface area (Å²) >= 11 is 0. The van der Waals surface area contributed by atoms with Gasteiger partial charge in [0, 0.05) is 80.8 Å². The first-order chi connectivity index (χ1) is 29.8. The number of imide groups is 2. The van der Waals surface area contributed by atoms with Gasteiger partial charge < -0.3 is 20.6 Å². The van der Waals surface area contributed by atoms with Crippen molar-refractivity contribution in [1.82, 2.24) is 39.4 Å². The van der Waals surface area contributed by atoms with Gasteiger partial charge in [-0.15, -0.1) is 0 Å². The molecule has 0 radical (unpaired) electrons. The number of aromatic nitrogens is 4. The minimum Gasteiger partial charge on any atom is -0.386 e. The Morgan fingerprint density at radius 1 is 0.952 bits per heavy atom. The van der Waals surface area contributed by atoms with Crippen molar-refractivity contribution in [2.24, 2.45) is 5.92 Å². The van der Waals surface area contributed by atoms with Crippen LogP contribution in [0.2, 0.25) is 0 Å². The van der Waals surface area contributed by atoms with Gasteiger partial charge in [-0.25, -0.2) is 4.52 Å². The van der Waals surface area contributed by atoms with Crippen LogP contribution in [0.4, 0.5) is 11.4 Å². The number of piperidine rings is 1. The molecule has 2 saturated heterocycles. The maximum atomic E-state index is 13.5. The third-order valence-electron chi connectivity index (χ3n) is 12.8. The summed E-state index contributed by atoms with van der Waals surface area (Å²) in [5.74, 6) is -1.84. The van der Waals surface area contributed by atoms with E-state index in [9.17, 15) is 34.3 Å². The molecule has 1 atom stereocenters. The Labute approximate surface area is 357 Å². The second kappa shape index (κ2) is 16.4. The number of anilines is 2. The van der Waals surface area contributed by atoms with E-state index in [4.69, 9.17) is 5.10 Å². The van der Waals surface area contributed by atoms with Crippen LogP contribution in [0.1, 0.15) is 101 Å². The van der Waals surface area contributed by atoms with Gasteiger partial charge in [0.15, 0.2) is 0 Å². The Morgan fingerprint density at radius 2 is 1.73 bits per heavy atom. The van der Waals surface area contributed by atoms with E-state index in [1.165, 1.54) is 10.7 Å². The molecular formula is C45H49N11O6. The fraction of sp³-hybridized carbons (Fsp3) is 0.422. The van der Waals surface area contributed by atoms with E-state index < -0.39 is 35.3 Å². The van der Waals surface area contributed by atoms with Crippen LogP contribution in [0, 0.1) is 17.2 Å². The van der Waals surface area contributed by atoms with Gasteiger partial charge in [0.2, 0.25) is 11.8 Å². The zero-order valence-electron chi connectivity index (χ0n) is 34.8. The zero-order valence-corrected chi connectivity index (χ0v) is 34.8. The Morgan fingerprint density at radius 3 is 2.47 bits per heavy atom. The molecule has 6 heterocycles. The minimum atomic E-state index is -1.25. The average molecular weight is 840 g/mol. The standard InChI is InChI=1S/C45H49N11O6/c1-45(2,62)33-22-35-29(21-36(33)49-42(59)38-11-10-31-20-28(23-46)24-48-56(31)38)26-54(51-35)30-8-6-27(7-9-30)25-53-18-16-52(17-19-53)15-14-47-34-5-3-4-32-40(34)44(61)55(43(32)60)37-12-13-39(57)50-41(37)58/h3-5,10-11,20-22,24,26-27,30,37,47,62H,6-9,12-19,25H2,1-2H3,(H,49,59)(H,50,57,58). The van der Waals surface area contributed by atoms with Crippen molar-refractivity contribution in [2.45, 2.75) is 70.1 Å². The lowest BCUT2D eigenvalue weighted by molar-refractivity contribution is -0.136. The number of nitriles is 1. The second-order valence-electron chi connectivity index (χ2n) is 17.4. The van der Waals surface area contributed by atoms with Crippen LogP contribution in [0.3, 0.4) is 0 Å². The molecule has 1 unspecified atom stereocenters. The maximum absolute atomic E-state index is 13.5. The summed E-state index contributed by atoms with van der Waals surface area (Å²) in [7, 11) is 0. The summed E-state index contributed by atoms with van der Waals surface area (Å²) in [5.41, 5.74) is 3.00. The largest absolute Gasteiger partial charge is 0.386 e. The van der Waals surface area contributed by atoms with Gasteiger partial charge in [-0.2, -0.15) is 15.5 Å². The third-order valence-corrected chi connectivity index (χ3v) is 12.8. The van der Waals surface area contributed by atoms with Gasteiger partial charge >= 0.3 is 0 Å². The molecule has 4 aliphatic rings. The number of carbonyl (C=O) groups is 5. The molecular weight excluding hydrogens is 791 g/mol. The van der Waals surface area contributed by atoms with Gasteiger partial charge in [0.05, 0.1) is 45.6 Å². The summed E-state index contributed by atoms with van der Waals surface area (Å²) in [4.78, 5) is 70.3. The molecule has 5 aromatic rings. The molecule has 3 fully saturated rings. The predicted molar refractivity (Wildman–Crippen MR) is 228 cm³/mol. The fourth-order valence-corrected chi connectivity index (χ4v) is 9.47. The first kappa shape index (κ1) is 40.9. The van der Waals surface area contributed by atoms with Crippen LogP contribution in [-0.2, 0) is 15.2 Å². The number of fused-ring (bicyclic) bond motifs is 3. The number of benzene rings is 2. The van der Waals surface area contributed by atoms with E-state index >= 15 is 0 Å². The van der Waals surface area contributed by atoms with Crippen molar-refractivity contribution in [3.05, 3.63) is 88.9 Å². The van der Waals surface area contributed by atoms with Gasteiger partial charge in [-0.1, -0.05) is 6.07 Å². The second-order valence-corrected chi connectivity index (χ2v) is 17.4. The Kier molecular flexibility index (Phi) is 10.8. The van der Waals surface area contributed by atoms with E-state index in [0.717, 1.165) is 80.8 Å². The smallest absolute Gasteiger partial charge is 0.274 e. The Balaban J connectivity index is 0.756. The van der Waals surface area contributed by atoms with Crippen molar-refractivity contribution in [3.63, 3.8) is 0 Å². The lowest BCUT2D eigenvalue weighted by Crippen LogP contribution is -2.54. The molecule has 0 spiro atoms. The Bertz CT molecular complexity index is 2660. The normalized spacial score (nSPS) is 21.3. The monoisotopic (exact) mass is 839 g/mol. The summed E-state index contributed by atoms with van der Waals surface area (Å²) in [6.07, 6.45) is 7.87. The lowest BCUT2D eigenvalue weighted by atomic mass is 9.85. The molecule has 3 aromatic heterocycles. The molecule has 5 amide bonds. The summed E-state index contributed by atoms with van der Waals surface area (Å²) in [5, 5.41) is 39.1. The first-order valence-electron chi connectivity index (χ1n) is 21.3. The van der Waals surface area contributed by atoms with Gasteiger partial charge in [-0.3, -0.25) is 43.8 Å². The number of nitrogens with zero attached hydrogens (tertiary/aromatic N) is 8. The Hall–Kier alpha value is -6.48. The zero-order chi connectivity index (χ0) is 43.3. The van der Waals surface area contributed by atoms with Crippen LogP contribution in [0.25, 0.3) is 16.4 Å². The minimum absolute atomic E-state index is 0.0778. The van der Waals surface area contributed by atoms with Gasteiger partial charge in [0.25, 0.3) is 17.7 Å². The number of hydrogen-bond acceptors (Lipinski definition) is 12. The molecule has 62 heavy (non-hydrogen) atoms. The SMILES string of the molecule is CC(C)(O)c1cc2nn(C3CCC(CN4CCN(CCNc5cccc6c5C(=O)N(C5CCC(=O)NC5=O)C6=O)CC4)CC3)cc2cc1NC(=O)c1ccc2cc(C#N)cnn12. The van der Waals surface area contributed by atoms with Crippen molar-refractivity contribution >= 4 is 57.3 Å². The van der Waals surface area contributed by atoms with Crippen LogP contribution in [0.15, 0.2) is 60.9 Å². The van der Waals surface area contributed by atoms with Crippen LogP contribution >= 0.6 is 0 Å². The summed E-state index contributed by atoms with van der Waals surface area (Å²) < 4.78 is 3.54. The van der Waals surface area contributed by atoms with Gasteiger partial charge in [-0.05, 0) is 94.3 Å². The number of amides is 5. The van der Waals surface area contributed by atoms with E-state index in [-0.39, 0.29) is 35.9 Å². The third kappa shape index (κ3) is 7.92. The van der Waals surface area contributed by atoms with E-state index in [1.54, 1.807) is 50.2 Å². The van der Waals surface area contributed by atoms with Crippen molar-refractivity contribution < 1.29 is 29.1 Å². The molecule has 1 aliphatic carbocycles. The molecule has 0 bridgehead atoms. The summed E-state index contributed by atoms with van der Waals surface area (Å²) in [6, 6.07) is 15.2. The molecule has 2 aromatic carbocycles. The first-order valence-corrected chi connectivity index (χ1v) is 21.3.